The van der Waals surface area contributed by atoms with Crippen molar-refractivity contribution in [3.63, 3.8) is 0 Å². The third-order valence-corrected chi connectivity index (χ3v) is 22.8. The van der Waals surface area contributed by atoms with Crippen molar-refractivity contribution in [1.29, 1.82) is 0 Å². The normalized spacial score (nSPS) is 31.1. The SMILES string of the molecule is C=CC(=O)N1C2CCC1CN(c1nc(OC[C@@]34CCCN3C[C@H](F)C4)nc3nc(-c4cc(O)cc(C[C@H]5CC5CC5CC[C@@]6(COc7nc(N8CC9CCC(C8)N9)c8cc(F)c(-c9cc(O)cc(C)c9C9CC9)nc8n7)C[C@@H](F)CN56)c4C4CC4)c(F)cc13)C2. The van der Waals surface area contributed by atoms with Gasteiger partial charge in [0.2, 0.25) is 5.91 Å². The molecule has 2 aromatic carbocycles. The molecule has 17 nitrogen and oxygen atoms in total. The summed E-state index contributed by atoms with van der Waals surface area (Å²) in [6.07, 6.45) is 13.7. The summed E-state index contributed by atoms with van der Waals surface area (Å²) in [6, 6.07) is 10.6. The number of amides is 1. The van der Waals surface area contributed by atoms with Gasteiger partial charge in [-0.2, -0.15) is 19.9 Å². The summed E-state index contributed by atoms with van der Waals surface area (Å²) in [5, 5.41) is 27.0. The molecule has 11 atom stereocenters. The van der Waals surface area contributed by atoms with Gasteiger partial charge in [0.25, 0.3) is 0 Å². The van der Waals surface area contributed by atoms with Gasteiger partial charge in [-0.3, -0.25) is 14.6 Å². The Bertz CT molecular complexity index is 3900. The van der Waals surface area contributed by atoms with E-state index in [9.17, 15) is 19.4 Å². The Morgan fingerprint density at radius 3 is 1.91 bits per heavy atom. The quantitative estimate of drug-likeness (QED) is 0.0579. The number of phenolic OH excluding ortho intramolecular Hbond substituents is 2. The van der Waals surface area contributed by atoms with Gasteiger partial charge < -0.3 is 39.7 Å². The molecule has 0 spiro atoms. The fourth-order valence-electron chi connectivity index (χ4n) is 18.5. The molecule has 11 aliphatic rings. The first-order valence-electron chi connectivity index (χ1n) is 33.3. The third-order valence-electron chi connectivity index (χ3n) is 22.8. The molecule has 4 aromatic heterocycles. The molecule has 17 rings (SSSR count). The molecule has 6 unspecified atom stereocenters. The van der Waals surface area contributed by atoms with Gasteiger partial charge in [-0.05, 0) is 198 Å². The Balaban J connectivity index is 0.630. The molecule has 472 valence electrons. The van der Waals surface area contributed by atoms with Gasteiger partial charge in [0, 0.05) is 93.4 Å². The van der Waals surface area contributed by atoms with Crippen molar-refractivity contribution in [2.75, 3.05) is 68.8 Å². The average Bonchev–Trinajstić information content (AvgIpc) is 1.57. The highest BCUT2D eigenvalue weighted by Gasteiger charge is 2.56. The number of anilines is 2. The van der Waals surface area contributed by atoms with E-state index in [1.54, 1.807) is 18.2 Å². The molecule has 11 fully saturated rings. The minimum Gasteiger partial charge on any atom is -0.508 e. The summed E-state index contributed by atoms with van der Waals surface area (Å²) in [5.41, 5.74) is 4.81. The van der Waals surface area contributed by atoms with Crippen molar-refractivity contribution >= 4 is 39.6 Å². The molecule has 1 amide bonds. The number of halogens is 4. The van der Waals surface area contributed by atoms with E-state index >= 15 is 13.2 Å². The van der Waals surface area contributed by atoms with Gasteiger partial charge in [0.15, 0.2) is 11.3 Å². The number of carbonyl (C=O) groups is 1. The predicted octanol–water partition coefficient (Wildman–Crippen LogP) is 10.3. The fourth-order valence-corrected chi connectivity index (χ4v) is 18.5. The lowest BCUT2D eigenvalue weighted by molar-refractivity contribution is -0.129. The maximum atomic E-state index is 17.3. The van der Waals surface area contributed by atoms with Crippen LogP contribution in [0, 0.1) is 30.4 Å². The minimum absolute atomic E-state index is 0.0349. The second-order valence-electron chi connectivity index (χ2n) is 28.9. The van der Waals surface area contributed by atoms with Crippen molar-refractivity contribution in [2.24, 2.45) is 11.8 Å². The number of phenols is 2. The standard InChI is InChI=1S/C69H78F4N12O5/c1-3-57(88)85-47-11-12-48(85)33-82(32-47)65-54-25-56(73)61(76-63(54)77-66(80-65)89-34-68-14-4-16-83(68)28-42(70)26-68)52-23-50(87)21-41(59(52)38-7-8-38)19-39-18-40(39)20-46-13-15-69(27-43(71)29-84(46)69)35-90-67-78-62-53(64(79-67)81-30-44-9-10-45(31-81)74-44)24-55(72)60(75-62)51-22-49(86)17-36(2)58(51)37-5-6-37/h3,17,21-25,37-40,42-48,74,86-87H,1,4-16,18-20,26-35H2,2H3/t39-,40?,42-,43-,44?,45?,46?,47?,48?,68+,69+/m1/s1. The molecule has 3 N–H and O–H groups in total. The molecule has 3 saturated carbocycles. The number of aromatic nitrogens is 6. The van der Waals surface area contributed by atoms with Gasteiger partial charge in [0.1, 0.15) is 71.7 Å². The first kappa shape index (κ1) is 57.0. The second-order valence-corrected chi connectivity index (χ2v) is 28.9. The van der Waals surface area contributed by atoms with Gasteiger partial charge >= 0.3 is 12.0 Å². The van der Waals surface area contributed by atoms with E-state index in [4.69, 9.17) is 39.4 Å². The second kappa shape index (κ2) is 21.6. The van der Waals surface area contributed by atoms with Crippen LogP contribution in [0.1, 0.15) is 137 Å². The highest BCUT2D eigenvalue weighted by Crippen LogP contribution is 2.55. The molecule has 21 heteroatoms. The molecule has 6 aromatic rings. The topological polar surface area (TPSA) is 182 Å². The third kappa shape index (κ3) is 9.98. The number of nitrogens with zero attached hydrogens (tertiary/aromatic N) is 11. The number of pyridine rings is 2. The molecule has 8 aliphatic heterocycles. The number of nitrogens with one attached hydrogen (secondary N) is 1. The Labute approximate surface area is 520 Å². The van der Waals surface area contributed by atoms with Crippen LogP contribution in [-0.4, -0.2) is 173 Å². The number of hydrogen-bond acceptors (Lipinski definition) is 16. The average molecular weight is 1230 g/mol. The van der Waals surface area contributed by atoms with Crippen LogP contribution in [0.5, 0.6) is 23.5 Å². The number of hydrogen-bond donors (Lipinski definition) is 3. The van der Waals surface area contributed by atoms with Crippen molar-refractivity contribution in [2.45, 2.75) is 182 Å². The van der Waals surface area contributed by atoms with E-state index in [0.29, 0.717) is 110 Å². The number of fused-ring (bicyclic) bond motifs is 8. The monoisotopic (exact) mass is 1230 g/mol. The maximum absolute atomic E-state index is 17.3. The Hall–Kier alpha value is -6.97. The number of aromatic hydroxyl groups is 2. The van der Waals surface area contributed by atoms with Crippen LogP contribution in [0.15, 0.2) is 49.1 Å². The minimum atomic E-state index is -1.03. The Morgan fingerprint density at radius 1 is 0.678 bits per heavy atom. The summed E-state index contributed by atoms with van der Waals surface area (Å²) in [4.78, 5) is 53.5. The first-order valence-corrected chi connectivity index (χ1v) is 33.3. The van der Waals surface area contributed by atoms with E-state index in [0.717, 1.165) is 119 Å². The molecule has 12 heterocycles. The first-order chi connectivity index (χ1) is 43.6. The lowest BCUT2D eigenvalue weighted by atomic mass is 9.90. The summed E-state index contributed by atoms with van der Waals surface area (Å²) >= 11 is 0. The zero-order chi connectivity index (χ0) is 61.1. The van der Waals surface area contributed by atoms with Crippen LogP contribution in [0.2, 0.25) is 0 Å². The Kier molecular flexibility index (Phi) is 13.7. The van der Waals surface area contributed by atoms with E-state index in [2.05, 4.69) is 31.5 Å². The Morgan fingerprint density at radius 2 is 1.27 bits per heavy atom. The summed E-state index contributed by atoms with van der Waals surface area (Å²) in [6.45, 7) is 9.97. The molecule has 8 saturated heterocycles. The van der Waals surface area contributed by atoms with Gasteiger partial charge in [-0.25, -0.2) is 27.5 Å². The van der Waals surface area contributed by atoms with Gasteiger partial charge in [0.05, 0.1) is 21.9 Å². The molecule has 90 heavy (non-hydrogen) atoms. The molecular weight excluding hydrogens is 1150 g/mol. The highest BCUT2D eigenvalue weighted by molar-refractivity contribution is 5.92. The maximum Gasteiger partial charge on any atom is 0.320 e. The van der Waals surface area contributed by atoms with Gasteiger partial charge in [-0.1, -0.05) is 6.58 Å². The molecule has 0 radical (unpaired) electrons. The van der Waals surface area contributed by atoms with Crippen LogP contribution in [0.4, 0.5) is 29.2 Å². The van der Waals surface area contributed by atoms with Crippen molar-refractivity contribution < 1.29 is 42.0 Å². The molecular formula is C69H78F4N12O5. The van der Waals surface area contributed by atoms with Crippen molar-refractivity contribution in [1.82, 2.24) is 49.9 Å². The van der Waals surface area contributed by atoms with E-state index in [1.807, 2.05) is 17.9 Å². The number of ether oxygens (including phenoxy) is 2. The highest BCUT2D eigenvalue weighted by atomic mass is 19.1. The molecule has 4 bridgehead atoms. The fraction of sp³-hybridized carbons (Fsp3) is 0.580. The predicted molar refractivity (Wildman–Crippen MR) is 332 cm³/mol. The van der Waals surface area contributed by atoms with Gasteiger partial charge in [-0.15, -0.1) is 0 Å². The van der Waals surface area contributed by atoms with Crippen LogP contribution in [-0.2, 0) is 11.2 Å². The largest absolute Gasteiger partial charge is 0.508 e. The number of aryl methyl sites for hydroxylation is 1. The number of alkyl halides is 2. The summed E-state index contributed by atoms with van der Waals surface area (Å²) in [7, 11) is 0. The summed E-state index contributed by atoms with van der Waals surface area (Å²) < 4.78 is 78.0. The number of rotatable bonds is 17. The van der Waals surface area contributed by atoms with Crippen molar-refractivity contribution in [3.05, 3.63) is 82.9 Å². The van der Waals surface area contributed by atoms with Crippen molar-refractivity contribution in [3.8, 4) is 46.0 Å². The zero-order valence-electron chi connectivity index (χ0n) is 51.0. The number of benzene rings is 2. The lowest BCUT2D eigenvalue weighted by Crippen LogP contribution is -2.55. The number of carbonyl (C=O) groups excluding carboxylic acids is 1. The van der Waals surface area contributed by atoms with Crippen LogP contribution in [0.25, 0.3) is 44.6 Å². The van der Waals surface area contributed by atoms with Crippen LogP contribution in [0.3, 0.4) is 0 Å². The van der Waals surface area contributed by atoms with Crippen LogP contribution >= 0.6 is 0 Å². The summed E-state index contributed by atoms with van der Waals surface area (Å²) in [5.74, 6) is 1.12. The molecule has 3 aliphatic carbocycles. The van der Waals surface area contributed by atoms with E-state index in [-0.39, 0.29) is 102 Å². The number of piperazine rings is 2. The van der Waals surface area contributed by atoms with E-state index in [1.165, 1.54) is 18.2 Å². The van der Waals surface area contributed by atoms with Crippen LogP contribution < -0.4 is 24.6 Å². The lowest BCUT2D eigenvalue weighted by Gasteiger charge is -2.41. The smallest absolute Gasteiger partial charge is 0.320 e. The van der Waals surface area contributed by atoms with E-state index < -0.39 is 35.1 Å². The zero-order valence-corrected chi connectivity index (χ0v) is 51.0.